The molecular weight excluding hydrogens is 227 g/mol. The molecule has 0 aromatic heterocycles. The van der Waals surface area contributed by atoms with E-state index >= 15 is 0 Å². The Morgan fingerprint density at radius 1 is 1.06 bits per heavy atom. The van der Waals surface area contributed by atoms with Crippen LogP contribution in [-0.4, -0.2) is 7.05 Å². The largest absolute Gasteiger partial charge is 0.345 e. The molecule has 0 bridgehead atoms. The van der Waals surface area contributed by atoms with E-state index in [4.69, 9.17) is 5.73 Å². The minimum Gasteiger partial charge on any atom is -0.345 e. The summed E-state index contributed by atoms with van der Waals surface area (Å²) in [6.45, 7) is 2.38. The number of rotatable bonds is 3. The zero-order valence-corrected chi connectivity index (χ0v) is 10.7. The Balaban J connectivity index is 2.35. The second-order valence-electron chi connectivity index (χ2n) is 4.42. The summed E-state index contributed by atoms with van der Waals surface area (Å²) in [6.07, 6.45) is 0. The number of nitrogens with zero attached hydrogens (tertiary/aromatic N) is 1. The average molecular weight is 244 g/mol. The van der Waals surface area contributed by atoms with Crippen molar-refractivity contribution in [3.63, 3.8) is 0 Å². The highest BCUT2D eigenvalue weighted by Gasteiger charge is 2.06. The lowest BCUT2D eigenvalue weighted by Crippen LogP contribution is -2.10. The molecule has 0 fully saturated rings. The van der Waals surface area contributed by atoms with E-state index in [9.17, 15) is 4.39 Å². The summed E-state index contributed by atoms with van der Waals surface area (Å²) in [6, 6.07) is 13.0. The lowest BCUT2D eigenvalue weighted by Gasteiger charge is -2.20. The lowest BCUT2D eigenvalue weighted by atomic mass is 10.1. The molecule has 0 radical (unpaired) electrons. The molecule has 3 heteroatoms. The van der Waals surface area contributed by atoms with Gasteiger partial charge in [0.05, 0.1) is 0 Å². The second-order valence-corrected chi connectivity index (χ2v) is 4.42. The van der Waals surface area contributed by atoms with E-state index in [-0.39, 0.29) is 5.82 Å². The first kappa shape index (κ1) is 12.6. The van der Waals surface area contributed by atoms with Crippen LogP contribution in [0.5, 0.6) is 0 Å². The average Bonchev–Trinajstić information content (AvgIpc) is 2.38. The molecule has 94 valence electrons. The van der Waals surface area contributed by atoms with E-state index in [0.29, 0.717) is 6.54 Å². The smallest absolute Gasteiger partial charge is 0.125 e. The summed E-state index contributed by atoms with van der Waals surface area (Å²) in [5.41, 5.74) is 9.39. The van der Waals surface area contributed by atoms with Gasteiger partial charge < -0.3 is 10.6 Å². The summed E-state index contributed by atoms with van der Waals surface area (Å²) in [5.74, 6) is -0.257. The van der Waals surface area contributed by atoms with E-state index in [1.165, 1.54) is 17.7 Å². The highest BCUT2D eigenvalue weighted by Crippen LogP contribution is 2.25. The summed E-state index contributed by atoms with van der Waals surface area (Å²) in [7, 11) is 1.92. The highest BCUT2D eigenvalue weighted by atomic mass is 19.1. The Bertz CT molecular complexity index is 535. The zero-order valence-electron chi connectivity index (χ0n) is 10.7. The van der Waals surface area contributed by atoms with Gasteiger partial charge in [0, 0.05) is 25.0 Å². The van der Waals surface area contributed by atoms with Gasteiger partial charge in [-0.2, -0.15) is 0 Å². The summed E-state index contributed by atoms with van der Waals surface area (Å²) < 4.78 is 13.5. The van der Waals surface area contributed by atoms with Gasteiger partial charge in [-0.25, -0.2) is 4.39 Å². The van der Waals surface area contributed by atoms with Crippen molar-refractivity contribution in [2.45, 2.75) is 13.5 Å². The molecule has 0 spiro atoms. The van der Waals surface area contributed by atoms with Gasteiger partial charge in [-0.05, 0) is 42.8 Å². The Morgan fingerprint density at radius 3 is 2.33 bits per heavy atom. The topological polar surface area (TPSA) is 29.3 Å². The van der Waals surface area contributed by atoms with Crippen molar-refractivity contribution in [3.05, 3.63) is 59.4 Å². The minimum absolute atomic E-state index is 0.257. The quantitative estimate of drug-likeness (QED) is 0.897. The maximum Gasteiger partial charge on any atom is 0.125 e. The van der Waals surface area contributed by atoms with Crippen molar-refractivity contribution in [1.29, 1.82) is 0 Å². The predicted molar refractivity (Wildman–Crippen MR) is 73.5 cm³/mol. The molecule has 0 saturated carbocycles. The van der Waals surface area contributed by atoms with Gasteiger partial charge in [0.25, 0.3) is 0 Å². The van der Waals surface area contributed by atoms with E-state index in [0.717, 1.165) is 16.9 Å². The third-order valence-electron chi connectivity index (χ3n) is 2.99. The van der Waals surface area contributed by atoms with Crippen molar-refractivity contribution >= 4 is 11.4 Å². The van der Waals surface area contributed by atoms with Gasteiger partial charge in [-0.15, -0.1) is 0 Å². The van der Waals surface area contributed by atoms with E-state index < -0.39 is 0 Å². The van der Waals surface area contributed by atoms with Crippen molar-refractivity contribution in [2.75, 3.05) is 11.9 Å². The Hall–Kier alpha value is -1.87. The molecule has 2 aromatic rings. The molecule has 0 saturated heterocycles. The van der Waals surface area contributed by atoms with E-state index in [1.54, 1.807) is 0 Å². The van der Waals surface area contributed by atoms with Gasteiger partial charge >= 0.3 is 0 Å². The number of anilines is 2. The molecule has 0 aliphatic rings. The molecule has 0 aliphatic carbocycles. The summed E-state index contributed by atoms with van der Waals surface area (Å²) in [4.78, 5) is 1.95. The fourth-order valence-electron chi connectivity index (χ4n) is 1.86. The van der Waals surface area contributed by atoms with Crippen LogP contribution in [0, 0.1) is 12.7 Å². The molecule has 0 aliphatic heterocycles. The predicted octanol–water partition coefficient (Wildman–Crippen LogP) is 3.36. The van der Waals surface area contributed by atoms with Crippen molar-refractivity contribution in [1.82, 2.24) is 0 Å². The standard InChI is InChI=1S/C15H17FN2/c1-11-3-5-14(6-4-11)18(2)15-8-12(10-17)7-13(16)9-15/h3-9H,10,17H2,1-2H3. The first-order valence-corrected chi connectivity index (χ1v) is 5.90. The second kappa shape index (κ2) is 5.19. The molecule has 2 aromatic carbocycles. The van der Waals surface area contributed by atoms with Crippen LogP contribution in [0.3, 0.4) is 0 Å². The third kappa shape index (κ3) is 2.68. The number of hydrogen-bond acceptors (Lipinski definition) is 2. The molecular formula is C15H17FN2. The molecule has 18 heavy (non-hydrogen) atoms. The molecule has 0 atom stereocenters. The van der Waals surface area contributed by atoms with Gasteiger partial charge in [0.1, 0.15) is 5.82 Å². The highest BCUT2D eigenvalue weighted by molar-refractivity contribution is 5.63. The first-order chi connectivity index (χ1) is 8.60. The first-order valence-electron chi connectivity index (χ1n) is 5.90. The van der Waals surface area contributed by atoms with Crippen LogP contribution >= 0.6 is 0 Å². The van der Waals surface area contributed by atoms with Crippen molar-refractivity contribution in [2.24, 2.45) is 5.73 Å². The van der Waals surface area contributed by atoms with Gasteiger partial charge in [0.15, 0.2) is 0 Å². The number of halogens is 1. The van der Waals surface area contributed by atoms with Gasteiger partial charge in [-0.1, -0.05) is 17.7 Å². The minimum atomic E-state index is -0.257. The molecule has 0 heterocycles. The Morgan fingerprint density at radius 2 is 1.72 bits per heavy atom. The maximum absolute atomic E-state index is 13.5. The molecule has 0 unspecified atom stereocenters. The Kier molecular flexibility index (Phi) is 3.63. The van der Waals surface area contributed by atoms with Crippen LogP contribution in [0.4, 0.5) is 15.8 Å². The number of benzene rings is 2. The number of nitrogens with two attached hydrogens (primary N) is 1. The van der Waals surface area contributed by atoms with Crippen LogP contribution in [-0.2, 0) is 6.54 Å². The van der Waals surface area contributed by atoms with Crippen molar-refractivity contribution < 1.29 is 4.39 Å². The Labute approximate surface area is 107 Å². The SMILES string of the molecule is Cc1ccc(N(C)c2cc(F)cc(CN)c2)cc1. The van der Waals surface area contributed by atoms with Gasteiger partial charge in [-0.3, -0.25) is 0 Å². The summed E-state index contributed by atoms with van der Waals surface area (Å²) >= 11 is 0. The van der Waals surface area contributed by atoms with Crippen LogP contribution in [0.25, 0.3) is 0 Å². The molecule has 0 amide bonds. The van der Waals surface area contributed by atoms with Crippen LogP contribution in [0.2, 0.25) is 0 Å². The number of hydrogen-bond donors (Lipinski definition) is 1. The summed E-state index contributed by atoms with van der Waals surface area (Å²) in [5, 5.41) is 0. The molecule has 2 N–H and O–H groups in total. The van der Waals surface area contributed by atoms with Crippen LogP contribution in [0.15, 0.2) is 42.5 Å². The van der Waals surface area contributed by atoms with Gasteiger partial charge in [0.2, 0.25) is 0 Å². The molecule has 2 rings (SSSR count). The molecule has 2 nitrogen and oxygen atoms in total. The monoisotopic (exact) mass is 244 g/mol. The van der Waals surface area contributed by atoms with E-state index in [2.05, 4.69) is 0 Å². The zero-order chi connectivity index (χ0) is 13.1. The number of aryl methyl sites for hydroxylation is 1. The van der Waals surface area contributed by atoms with Crippen LogP contribution in [0.1, 0.15) is 11.1 Å². The fourth-order valence-corrected chi connectivity index (χ4v) is 1.86. The fraction of sp³-hybridized carbons (Fsp3) is 0.200. The third-order valence-corrected chi connectivity index (χ3v) is 2.99. The van der Waals surface area contributed by atoms with Crippen molar-refractivity contribution in [3.8, 4) is 0 Å². The van der Waals surface area contributed by atoms with E-state index in [1.807, 2.05) is 49.2 Å². The van der Waals surface area contributed by atoms with Crippen LogP contribution < -0.4 is 10.6 Å². The maximum atomic E-state index is 13.5. The lowest BCUT2D eigenvalue weighted by molar-refractivity contribution is 0.625. The normalized spacial score (nSPS) is 10.4.